The summed E-state index contributed by atoms with van der Waals surface area (Å²) in [6, 6.07) is 1.21. The third kappa shape index (κ3) is 2.08. The van der Waals surface area contributed by atoms with Crippen molar-refractivity contribution < 1.29 is 20.1 Å². The van der Waals surface area contributed by atoms with Gasteiger partial charge in [-0.05, 0) is 0 Å². The highest BCUT2D eigenvalue weighted by molar-refractivity contribution is 5.84. The first-order valence-electron chi connectivity index (χ1n) is 6.70. The van der Waals surface area contributed by atoms with Crippen LogP contribution in [0.3, 0.4) is 0 Å². The van der Waals surface area contributed by atoms with Crippen molar-refractivity contribution in [1.82, 2.24) is 14.5 Å². The fourth-order valence-corrected chi connectivity index (χ4v) is 2.66. The van der Waals surface area contributed by atoms with E-state index in [9.17, 15) is 20.1 Å². The molecule has 0 unspecified atom stereocenters. The van der Waals surface area contributed by atoms with Gasteiger partial charge in [-0.2, -0.15) is 0 Å². The number of fused-ring (bicyclic) bond motifs is 1. The van der Waals surface area contributed by atoms with Crippen LogP contribution in [0.2, 0.25) is 0 Å². The van der Waals surface area contributed by atoms with Crippen molar-refractivity contribution >= 4 is 16.9 Å². The number of nitrogen functional groups attached to an aromatic ring is 1. The zero-order valence-corrected chi connectivity index (χ0v) is 11.8. The minimum atomic E-state index is -2.08. The number of aliphatic hydroxyl groups is 3. The van der Waals surface area contributed by atoms with Crippen molar-refractivity contribution in [3.8, 4) is 12.3 Å². The van der Waals surface area contributed by atoms with Gasteiger partial charge in [-0.15, -0.1) is 6.42 Å². The molecule has 1 aliphatic rings. The van der Waals surface area contributed by atoms with Crippen LogP contribution in [0.25, 0.3) is 11.0 Å². The SMILES string of the molecule is C#C[C@@]1(O)[C@@H](CO)O[C@@H](n2ccc(=O)c3c(N)ncnc32)[C@@H]1O. The zero-order valence-electron chi connectivity index (χ0n) is 11.8. The summed E-state index contributed by atoms with van der Waals surface area (Å²) >= 11 is 0. The van der Waals surface area contributed by atoms with Crippen LogP contribution in [0, 0.1) is 12.3 Å². The second-order valence-corrected chi connectivity index (χ2v) is 5.16. The molecule has 3 heterocycles. The Balaban J connectivity index is 2.20. The van der Waals surface area contributed by atoms with E-state index in [1.54, 1.807) is 0 Å². The predicted octanol–water partition coefficient (Wildman–Crippen LogP) is -2.01. The summed E-state index contributed by atoms with van der Waals surface area (Å²) in [5, 5.41) is 30.1. The van der Waals surface area contributed by atoms with E-state index in [0.717, 1.165) is 6.33 Å². The van der Waals surface area contributed by atoms with Gasteiger partial charge in [0.15, 0.2) is 22.9 Å². The molecule has 9 heteroatoms. The molecule has 120 valence electrons. The standard InChI is InChI=1S/C14H14N4O5/c1-2-14(22)8(5-19)23-13(10(14)21)18-4-3-7(20)9-11(15)16-6-17-12(9)18/h1,3-4,6,8,10,13,19,21-22H,5H2,(H2,15,16,17)/t8-,10+,13-,14-/m1/s1. The summed E-state index contributed by atoms with van der Waals surface area (Å²) in [6.07, 6.45) is 3.86. The number of nitrogens with two attached hydrogens (primary N) is 1. The van der Waals surface area contributed by atoms with Crippen LogP contribution in [-0.2, 0) is 4.74 Å². The fraction of sp³-hybridized carbons (Fsp3) is 0.357. The molecule has 1 fully saturated rings. The third-order valence-electron chi connectivity index (χ3n) is 3.92. The first-order valence-corrected chi connectivity index (χ1v) is 6.70. The lowest BCUT2D eigenvalue weighted by Crippen LogP contribution is -2.47. The maximum absolute atomic E-state index is 12.0. The van der Waals surface area contributed by atoms with E-state index in [2.05, 4.69) is 9.97 Å². The molecular weight excluding hydrogens is 304 g/mol. The molecule has 0 bridgehead atoms. The summed E-state index contributed by atoms with van der Waals surface area (Å²) in [6.45, 7) is -0.594. The van der Waals surface area contributed by atoms with E-state index >= 15 is 0 Å². The van der Waals surface area contributed by atoms with E-state index in [4.69, 9.17) is 16.9 Å². The number of aromatic nitrogens is 3. The lowest BCUT2D eigenvalue weighted by molar-refractivity contribution is -0.0605. The lowest BCUT2D eigenvalue weighted by atomic mass is 9.93. The van der Waals surface area contributed by atoms with Gasteiger partial charge in [0, 0.05) is 12.3 Å². The Bertz CT molecular complexity index is 860. The van der Waals surface area contributed by atoms with E-state index in [-0.39, 0.29) is 16.9 Å². The summed E-state index contributed by atoms with van der Waals surface area (Å²) in [4.78, 5) is 19.7. The normalized spacial score (nSPS) is 30.4. The second-order valence-electron chi connectivity index (χ2n) is 5.16. The average Bonchev–Trinajstić information content (AvgIpc) is 2.80. The monoisotopic (exact) mass is 318 g/mol. The second kappa shape index (κ2) is 5.29. The van der Waals surface area contributed by atoms with Gasteiger partial charge in [0.1, 0.15) is 29.7 Å². The zero-order chi connectivity index (χ0) is 16.8. The minimum Gasteiger partial charge on any atom is -0.394 e. The Kier molecular flexibility index (Phi) is 3.54. The molecule has 9 nitrogen and oxygen atoms in total. The van der Waals surface area contributed by atoms with Crippen LogP contribution in [0.5, 0.6) is 0 Å². The molecule has 2 aromatic rings. The molecule has 0 spiro atoms. The Morgan fingerprint density at radius 3 is 2.87 bits per heavy atom. The number of aliphatic hydroxyl groups excluding tert-OH is 2. The van der Waals surface area contributed by atoms with Crippen LogP contribution in [0.15, 0.2) is 23.4 Å². The fourth-order valence-electron chi connectivity index (χ4n) is 2.66. The molecule has 4 atom stereocenters. The van der Waals surface area contributed by atoms with Gasteiger partial charge < -0.3 is 30.4 Å². The number of hydrogen-bond acceptors (Lipinski definition) is 8. The van der Waals surface area contributed by atoms with E-state index in [1.165, 1.54) is 16.8 Å². The van der Waals surface area contributed by atoms with Gasteiger partial charge in [-0.1, -0.05) is 5.92 Å². The maximum Gasteiger partial charge on any atom is 0.194 e. The summed E-state index contributed by atoms with van der Waals surface area (Å²) in [5.41, 5.74) is 3.35. The number of pyridine rings is 1. The largest absolute Gasteiger partial charge is 0.394 e. The van der Waals surface area contributed by atoms with Crippen molar-refractivity contribution in [2.24, 2.45) is 0 Å². The van der Waals surface area contributed by atoms with Crippen LogP contribution in [0.1, 0.15) is 6.23 Å². The van der Waals surface area contributed by atoms with E-state index < -0.39 is 36.1 Å². The van der Waals surface area contributed by atoms with Crippen molar-refractivity contribution in [2.75, 3.05) is 12.3 Å². The van der Waals surface area contributed by atoms with Gasteiger partial charge in [0.2, 0.25) is 0 Å². The Labute approximate surface area is 130 Å². The molecule has 1 aliphatic heterocycles. The van der Waals surface area contributed by atoms with Crippen molar-refractivity contribution in [2.45, 2.75) is 24.0 Å². The average molecular weight is 318 g/mol. The molecule has 2 aromatic heterocycles. The van der Waals surface area contributed by atoms with Gasteiger partial charge in [-0.25, -0.2) is 9.97 Å². The number of nitrogens with zero attached hydrogens (tertiary/aromatic N) is 3. The first kappa shape index (κ1) is 15.4. The van der Waals surface area contributed by atoms with Crippen LogP contribution < -0.4 is 11.2 Å². The molecule has 0 radical (unpaired) electrons. The molecule has 0 saturated carbocycles. The van der Waals surface area contributed by atoms with Crippen molar-refractivity contribution in [3.05, 3.63) is 28.8 Å². The van der Waals surface area contributed by atoms with Gasteiger partial charge >= 0.3 is 0 Å². The van der Waals surface area contributed by atoms with Gasteiger partial charge in [0.25, 0.3) is 0 Å². The highest BCUT2D eigenvalue weighted by atomic mass is 16.6. The molecule has 1 saturated heterocycles. The molecular formula is C14H14N4O5. The van der Waals surface area contributed by atoms with Crippen molar-refractivity contribution in [1.29, 1.82) is 0 Å². The number of ether oxygens (including phenoxy) is 1. The van der Waals surface area contributed by atoms with Crippen LogP contribution in [-0.4, -0.2) is 54.3 Å². The molecule has 23 heavy (non-hydrogen) atoms. The molecule has 0 aromatic carbocycles. The first-order chi connectivity index (χ1) is 10.9. The predicted molar refractivity (Wildman–Crippen MR) is 79.0 cm³/mol. The smallest absolute Gasteiger partial charge is 0.194 e. The number of hydrogen-bond donors (Lipinski definition) is 4. The van der Waals surface area contributed by atoms with Crippen molar-refractivity contribution in [3.63, 3.8) is 0 Å². The third-order valence-corrected chi connectivity index (χ3v) is 3.92. The highest BCUT2D eigenvalue weighted by Gasteiger charge is 2.55. The molecule has 0 aliphatic carbocycles. The Hall–Kier alpha value is -2.51. The quantitative estimate of drug-likeness (QED) is 0.465. The summed E-state index contributed by atoms with van der Waals surface area (Å²) < 4.78 is 6.79. The summed E-state index contributed by atoms with van der Waals surface area (Å²) in [7, 11) is 0. The minimum absolute atomic E-state index is 0.0206. The Morgan fingerprint density at radius 1 is 1.52 bits per heavy atom. The molecule has 5 N–H and O–H groups in total. The van der Waals surface area contributed by atoms with Crippen LogP contribution >= 0.6 is 0 Å². The topological polar surface area (TPSA) is 144 Å². The Morgan fingerprint density at radius 2 is 2.26 bits per heavy atom. The number of rotatable bonds is 2. The van der Waals surface area contributed by atoms with E-state index in [0.29, 0.717) is 0 Å². The van der Waals surface area contributed by atoms with Gasteiger partial charge in [-0.3, -0.25) is 4.79 Å². The molecule has 3 rings (SSSR count). The molecule has 0 amide bonds. The van der Waals surface area contributed by atoms with Gasteiger partial charge in [0.05, 0.1) is 6.61 Å². The van der Waals surface area contributed by atoms with Crippen LogP contribution in [0.4, 0.5) is 5.82 Å². The van der Waals surface area contributed by atoms with E-state index in [1.807, 2.05) is 5.92 Å². The lowest BCUT2D eigenvalue weighted by Gasteiger charge is -2.24. The maximum atomic E-state index is 12.0. The summed E-state index contributed by atoms with van der Waals surface area (Å²) in [5.74, 6) is 2.03. The number of anilines is 1. The number of terminal acetylenes is 1. The highest BCUT2D eigenvalue weighted by Crippen LogP contribution is 2.37.